The molecule has 0 fully saturated rings. The monoisotopic (exact) mass is 347 g/mol. The van der Waals surface area contributed by atoms with E-state index in [9.17, 15) is 4.79 Å². The fourth-order valence-electron chi connectivity index (χ4n) is 2.65. The zero-order chi connectivity index (χ0) is 18.5. The molecule has 1 heterocycles. The molecule has 0 atom stereocenters. The predicted octanol–water partition coefficient (Wildman–Crippen LogP) is 3.40. The van der Waals surface area contributed by atoms with Crippen LogP contribution in [0.5, 0.6) is 11.5 Å². The van der Waals surface area contributed by atoms with E-state index >= 15 is 0 Å². The number of nitrogens with zero attached hydrogens (tertiary/aromatic N) is 3. The fraction of sp³-hybridized carbons (Fsp3) is 0.150. The molecule has 2 aromatic carbocycles. The van der Waals surface area contributed by atoms with Crippen molar-refractivity contribution < 1.29 is 14.3 Å². The summed E-state index contributed by atoms with van der Waals surface area (Å²) in [4.78, 5) is 12.8. The Balaban J connectivity index is 2.00. The van der Waals surface area contributed by atoms with Gasteiger partial charge in [-0.15, -0.1) is 0 Å². The molecule has 26 heavy (non-hydrogen) atoms. The summed E-state index contributed by atoms with van der Waals surface area (Å²) < 4.78 is 10.8. The smallest absolute Gasteiger partial charge is 0.280 e. The number of hydrogen-bond donors (Lipinski definition) is 0. The first-order valence-electron chi connectivity index (χ1n) is 7.99. The van der Waals surface area contributed by atoms with Crippen LogP contribution in [0, 0.1) is 11.3 Å². The highest BCUT2D eigenvalue weighted by molar-refractivity contribution is 6.32. The second-order valence-corrected chi connectivity index (χ2v) is 5.52. The van der Waals surface area contributed by atoms with Crippen molar-refractivity contribution in [3.8, 4) is 17.6 Å². The minimum Gasteiger partial charge on any atom is -0.493 e. The first kappa shape index (κ1) is 17.2. The molecule has 0 aliphatic carbocycles. The molecule has 3 rings (SSSR count). The maximum atomic E-state index is 12.8. The number of methoxy groups -OCH3 is 1. The minimum absolute atomic E-state index is 0.117. The first-order chi connectivity index (χ1) is 12.7. The Morgan fingerprint density at radius 3 is 2.65 bits per heavy atom. The molecule has 0 saturated heterocycles. The molecule has 1 aliphatic heterocycles. The molecule has 1 aliphatic rings. The Morgan fingerprint density at radius 1 is 1.19 bits per heavy atom. The van der Waals surface area contributed by atoms with Crippen LogP contribution in [-0.2, 0) is 4.79 Å². The summed E-state index contributed by atoms with van der Waals surface area (Å²) in [7, 11) is 1.52. The zero-order valence-corrected chi connectivity index (χ0v) is 14.5. The summed E-state index contributed by atoms with van der Waals surface area (Å²) in [6, 6.07) is 16.5. The van der Waals surface area contributed by atoms with Gasteiger partial charge in [-0.25, -0.2) is 0 Å². The molecular formula is C20H17N3O3. The van der Waals surface area contributed by atoms with Gasteiger partial charge in [-0.2, -0.15) is 15.4 Å². The standard InChI is InChI=1S/C20H17N3O3/c1-14-17(20(24)23(22-14)16-8-4-3-5-9-16)13-15-7-6-10-18(25-2)19(15)26-12-11-21/h3-10,13H,12H2,1-2H3. The Hall–Kier alpha value is -3.59. The molecule has 0 bridgehead atoms. The average molecular weight is 347 g/mol. The summed E-state index contributed by atoms with van der Waals surface area (Å²) in [6.07, 6.45) is 1.71. The molecule has 6 nitrogen and oxygen atoms in total. The topological polar surface area (TPSA) is 74.9 Å². The maximum Gasteiger partial charge on any atom is 0.280 e. The number of ether oxygens (including phenoxy) is 2. The number of carbonyl (C=O) groups is 1. The molecule has 1 amide bonds. The van der Waals surface area contributed by atoms with Crippen molar-refractivity contribution in [2.75, 3.05) is 18.7 Å². The van der Waals surface area contributed by atoms with Gasteiger partial charge in [0.2, 0.25) is 0 Å². The minimum atomic E-state index is -0.220. The molecule has 0 radical (unpaired) electrons. The van der Waals surface area contributed by atoms with Crippen molar-refractivity contribution in [2.24, 2.45) is 5.10 Å². The van der Waals surface area contributed by atoms with Gasteiger partial charge >= 0.3 is 0 Å². The molecule has 0 unspecified atom stereocenters. The van der Waals surface area contributed by atoms with Crippen LogP contribution < -0.4 is 14.5 Å². The van der Waals surface area contributed by atoms with Crippen LogP contribution in [0.3, 0.4) is 0 Å². The van der Waals surface area contributed by atoms with Gasteiger partial charge in [0.15, 0.2) is 18.1 Å². The van der Waals surface area contributed by atoms with E-state index in [1.165, 1.54) is 12.1 Å². The van der Waals surface area contributed by atoms with Crippen molar-refractivity contribution in [3.05, 3.63) is 59.7 Å². The highest BCUT2D eigenvalue weighted by Gasteiger charge is 2.29. The van der Waals surface area contributed by atoms with Crippen LogP contribution in [0.15, 0.2) is 59.2 Å². The molecule has 130 valence electrons. The second kappa shape index (κ2) is 7.53. The maximum absolute atomic E-state index is 12.8. The number of hydrazone groups is 1. The Morgan fingerprint density at radius 2 is 1.96 bits per heavy atom. The quantitative estimate of drug-likeness (QED) is 0.777. The third-order valence-electron chi connectivity index (χ3n) is 3.87. The lowest BCUT2D eigenvalue weighted by molar-refractivity contribution is -0.114. The number of para-hydroxylation sites is 2. The third-order valence-corrected chi connectivity index (χ3v) is 3.87. The number of hydrogen-bond acceptors (Lipinski definition) is 5. The zero-order valence-electron chi connectivity index (χ0n) is 14.5. The van der Waals surface area contributed by atoms with Crippen molar-refractivity contribution >= 4 is 23.4 Å². The lowest BCUT2D eigenvalue weighted by Gasteiger charge is -2.12. The van der Waals surface area contributed by atoms with Crippen LogP contribution in [0.2, 0.25) is 0 Å². The van der Waals surface area contributed by atoms with Gasteiger partial charge in [0.25, 0.3) is 5.91 Å². The molecule has 0 aromatic heterocycles. The van der Waals surface area contributed by atoms with Crippen LogP contribution >= 0.6 is 0 Å². The van der Waals surface area contributed by atoms with Crippen LogP contribution in [-0.4, -0.2) is 25.3 Å². The lowest BCUT2D eigenvalue weighted by Crippen LogP contribution is -2.21. The van der Waals surface area contributed by atoms with Crippen LogP contribution in [0.1, 0.15) is 12.5 Å². The van der Waals surface area contributed by atoms with Gasteiger partial charge in [0, 0.05) is 5.56 Å². The molecule has 0 saturated carbocycles. The van der Waals surface area contributed by atoms with E-state index < -0.39 is 0 Å². The molecule has 2 aromatic rings. The number of benzene rings is 2. The van der Waals surface area contributed by atoms with Crippen molar-refractivity contribution in [2.45, 2.75) is 6.92 Å². The number of anilines is 1. The van der Waals surface area contributed by atoms with E-state index in [-0.39, 0.29) is 12.5 Å². The van der Waals surface area contributed by atoms with Crippen LogP contribution in [0.4, 0.5) is 5.69 Å². The van der Waals surface area contributed by atoms with E-state index in [1.807, 2.05) is 36.4 Å². The predicted molar refractivity (Wildman–Crippen MR) is 99.1 cm³/mol. The fourth-order valence-corrected chi connectivity index (χ4v) is 2.65. The molecular weight excluding hydrogens is 330 g/mol. The summed E-state index contributed by atoms with van der Waals surface area (Å²) in [5, 5.41) is 14.5. The van der Waals surface area contributed by atoms with E-state index in [1.54, 1.807) is 31.2 Å². The normalized spacial score (nSPS) is 15.0. The molecule has 0 N–H and O–H groups in total. The van der Waals surface area contributed by atoms with Gasteiger partial charge in [-0.1, -0.05) is 30.3 Å². The van der Waals surface area contributed by atoms with Gasteiger partial charge in [-0.3, -0.25) is 4.79 Å². The van der Waals surface area contributed by atoms with E-state index in [4.69, 9.17) is 14.7 Å². The highest BCUT2D eigenvalue weighted by atomic mass is 16.5. The lowest BCUT2D eigenvalue weighted by atomic mass is 10.1. The summed E-state index contributed by atoms with van der Waals surface area (Å²) in [5.41, 5.74) is 2.41. The number of carbonyl (C=O) groups excluding carboxylic acids is 1. The number of nitriles is 1. The Labute approximate surface area is 151 Å². The first-order valence-corrected chi connectivity index (χ1v) is 7.99. The van der Waals surface area contributed by atoms with Crippen LogP contribution in [0.25, 0.3) is 6.08 Å². The number of amides is 1. The summed E-state index contributed by atoms with van der Waals surface area (Å²) >= 11 is 0. The van der Waals surface area contributed by atoms with Crippen molar-refractivity contribution in [1.82, 2.24) is 0 Å². The van der Waals surface area contributed by atoms with E-state index in [0.717, 1.165) is 0 Å². The van der Waals surface area contributed by atoms with Gasteiger partial charge in [-0.05, 0) is 31.2 Å². The average Bonchev–Trinajstić information content (AvgIpc) is 2.95. The summed E-state index contributed by atoms with van der Waals surface area (Å²) in [5.74, 6) is 0.695. The third kappa shape index (κ3) is 3.28. The van der Waals surface area contributed by atoms with Gasteiger partial charge in [0.1, 0.15) is 6.07 Å². The van der Waals surface area contributed by atoms with Crippen molar-refractivity contribution in [1.29, 1.82) is 5.26 Å². The van der Waals surface area contributed by atoms with E-state index in [0.29, 0.717) is 34.0 Å². The van der Waals surface area contributed by atoms with Crippen molar-refractivity contribution in [3.63, 3.8) is 0 Å². The second-order valence-electron chi connectivity index (χ2n) is 5.52. The Bertz CT molecular complexity index is 927. The SMILES string of the molecule is COc1cccc(C=C2C(=O)N(c3ccccc3)N=C2C)c1OCC#N. The Kier molecular flexibility index (Phi) is 4.99. The largest absolute Gasteiger partial charge is 0.493 e. The van der Waals surface area contributed by atoms with E-state index in [2.05, 4.69) is 5.10 Å². The summed E-state index contributed by atoms with van der Waals surface area (Å²) in [6.45, 7) is 1.66. The molecule has 0 spiro atoms. The van der Waals surface area contributed by atoms with Gasteiger partial charge in [0.05, 0.1) is 24.1 Å². The molecule has 6 heteroatoms. The van der Waals surface area contributed by atoms with Gasteiger partial charge < -0.3 is 9.47 Å². The highest BCUT2D eigenvalue weighted by Crippen LogP contribution is 2.34. The number of rotatable bonds is 5.